The van der Waals surface area contributed by atoms with Crippen LogP contribution in [0.1, 0.15) is 62.9 Å². The highest BCUT2D eigenvalue weighted by atomic mass is 35.5. The fourth-order valence-electron chi connectivity index (χ4n) is 4.97. The van der Waals surface area contributed by atoms with Gasteiger partial charge in [0.1, 0.15) is 21.4 Å². The summed E-state index contributed by atoms with van der Waals surface area (Å²) in [7, 11) is -1.42. The van der Waals surface area contributed by atoms with Crippen molar-refractivity contribution >= 4 is 33.2 Å². The van der Waals surface area contributed by atoms with Crippen LogP contribution in [-0.2, 0) is 16.4 Å². The van der Waals surface area contributed by atoms with E-state index in [0.29, 0.717) is 54.9 Å². The summed E-state index contributed by atoms with van der Waals surface area (Å²) in [6, 6.07) is 2.19. The first-order chi connectivity index (χ1) is 17.1. The van der Waals surface area contributed by atoms with Crippen molar-refractivity contribution in [1.82, 2.24) is 20.1 Å². The Kier molecular flexibility index (Phi) is 8.14. The van der Waals surface area contributed by atoms with E-state index in [1.807, 2.05) is 13.0 Å². The van der Waals surface area contributed by atoms with Crippen LogP contribution in [0.25, 0.3) is 11.3 Å². The van der Waals surface area contributed by atoms with E-state index < -0.39 is 9.84 Å². The summed E-state index contributed by atoms with van der Waals surface area (Å²) in [6.07, 6.45) is 8.27. The maximum Gasteiger partial charge on any atom is 0.273 e. The highest BCUT2D eigenvalue weighted by molar-refractivity contribution is 7.91. The zero-order valence-corrected chi connectivity index (χ0v) is 23.0. The number of sulfone groups is 1. The van der Waals surface area contributed by atoms with E-state index in [1.54, 1.807) is 18.0 Å². The molecule has 0 bridgehead atoms. The first-order valence-corrected chi connectivity index (χ1v) is 15.0. The Morgan fingerprint density at radius 1 is 1.25 bits per heavy atom. The molecule has 0 aromatic carbocycles. The lowest BCUT2D eigenvalue weighted by Crippen LogP contribution is -2.34. The molecule has 0 radical (unpaired) electrons. The second-order valence-electron chi connectivity index (χ2n) is 10.0. The third-order valence-electron chi connectivity index (χ3n) is 7.41. The van der Waals surface area contributed by atoms with Crippen molar-refractivity contribution in [3.8, 4) is 17.0 Å². The molecule has 0 spiro atoms. The van der Waals surface area contributed by atoms with Gasteiger partial charge in [0, 0.05) is 37.7 Å². The SMILES string of the molecule is CCn1nc(C(=O)NC[C@H]2CC[C@H](S(C)(=O)=O)CC2)c(Cl)c1-c1cnc(N[C@@H](C)C2CC2)cc1OC. The van der Waals surface area contributed by atoms with Gasteiger partial charge in [0.2, 0.25) is 0 Å². The predicted molar refractivity (Wildman–Crippen MR) is 141 cm³/mol. The predicted octanol–water partition coefficient (Wildman–Crippen LogP) is 4.17. The number of ether oxygens (including phenoxy) is 1. The molecule has 2 N–H and O–H groups in total. The monoisotopic (exact) mass is 537 g/mol. The summed E-state index contributed by atoms with van der Waals surface area (Å²) in [4.78, 5) is 17.6. The smallest absolute Gasteiger partial charge is 0.273 e. The van der Waals surface area contributed by atoms with Crippen molar-refractivity contribution in [2.75, 3.05) is 25.2 Å². The lowest BCUT2D eigenvalue weighted by molar-refractivity contribution is 0.0938. The average molecular weight is 538 g/mol. The van der Waals surface area contributed by atoms with Gasteiger partial charge >= 0.3 is 0 Å². The second-order valence-corrected chi connectivity index (χ2v) is 12.8. The van der Waals surface area contributed by atoms with Crippen molar-refractivity contribution in [2.24, 2.45) is 11.8 Å². The number of anilines is 1. The van der Waals surface area contributed by atoms with Gasteiger partial charge in [0.25, 0.3) is 5.91 Å². The summed E-state index contributed by atoms with van der Waals surface area (Å²) in [5, 5.41) is 10.9. The van der Waals surface area contributed by atoms with Crippen molar-refractivity contribution < 1.29 is 17.9 Å². The Morgan fingerprint density at radius 2 is 1.94 bits per heavy atom. The van der Waals surface area contributed by atoms with Crippen LogP contribution in [0.2, 0.25) is 5.02 Å². The molecule has 2 heterocycles. The van der Waals surface area contributed by atoms with E-state index in [-0.39, 0.29) is 27.8 Å². The van der Waals surface area contributed by atoms with E-state index in [0.717, 1.165) is 18.7 Å². The molecular weight excluding hydrogens is 502 g/mol. The minimum Gasteiger partial charge on any atom is -0.496 e. The number of nitrogens with one attached hydrogen (secondary N) is 2. The molecule has 2 aromatic heterocycles. The average Bonchev–Trinajstić information content (AvgIpc) is 3.65. The summed E-state index contributed by atoms with van der Waals surface area (Å²) in [6.45, 7) is 5.07. The molecule has 1 atom stereocenters. The van der Waals surface area contributed by atoms with Crippen molar-refractivity contribution in [3.05, 3.63) is 23.0 Å². The highest BCUT2D eigenvalue weighted by Crippen LogP contribution is 2.39. The number of nitrogens with zero attached hydrogens (tertiary/aromatic N) is 3. The maximum atomic E-state index is 13.0. The molecule has 0 unspecified atom stereocenters. The molecule has 4 rings (SSSR count). The lowest BCUT2D eigenvalue weighted by atomic mass is 9.89. The fraction of sp³-hybridized carbons (Fsp3) is 0.640. The number of hydrogen-bond donors (Lipinski definition) is 2. The second kappa shape index (κ2) is 11.0. The number of methoxy groups -OCH3 is 1. The number of pyridine rings is 1. The molecule has 198 valence electrons. The van der Waals surface area contributed by atoms with Crippen LogP contribution in [0.3, 0.4) is 0 Å². The minimum absolute atomic E-state index is 0.157. The molecule has 36 heavy (non-hydrogen) atoms. The zero-order valence-electron chi connectivity index (χ0n) is 21.4. The van der Waals surface area contributed by atoms with Crippen molar-refractivity contribution in [1.29, 1.82) is 0 Å². The van der Waals surface area contributed by atoms with Crippen LogP contribution in [0.5, 0.6) is 5.75 Å². The van der Waals surface area contributed by atoms with Gasteiger partial charge < -0.3 is 15.4 Å². The molecule has 2 aliphatic carbocycles. The number of carbonyl (C=O) groups is 1. The molecule has 0 aliphatic heterocycles. The molecule has 2 fully saturated rings. The first kappa shape index (κ1) is 26.7. The van der Waals surface area contributed by atoms with Crippen LogP contribution in [0, 0.1) is 11.8 Å². The topological polar surface area (TPSA) is 115 Å². The van der Waals surface area contributed by atoms with Gasteiger partial charge in [-0.1, -0.05) is 11.6 Å². The Morgan fingerprint density at radius 3 is 2.53 bits per heavy atom. The molecule has 1 amide bonds. The van der Waals surface area contributed by atoms with Crippen molar-refractivity contribution in [3.63, 3.8) is 0 Å². The minimum atomic E-state index is -3.01. The van der Waals surface area contributed by atoms with Gasteiger partial charge in [-0.15, -0.1) is 0 Å². The van der Waals surface area contributed by atoms with Gasteiger partial charge in [0.15, 0.2) is 5.69 Å². The number of aromatic nitrogens is 3. The Hall–Kier alpha value is -2.33. The normalized spacial score (nSPS) is 21.1. The molecule has 0 saturated heterocycles. The molecular formula is C25H36ClN5O4S. The van der Waals surface area contributed by atoms with Crippen LogP contribution >= 0.6 is 11.6 Å². The van der Waals surface area contributed by atoms with Crippen molar-refractivity contribution in [2.45, 2.75) is 70.2 Å². The molecule has 2 saturated carbocycles. The standard InChI is InChI=1S/C25H36ClN5O4S/c1-5-31-24(19-14-27-21(12-20(19)35-3)29-15(2)17-8-9-17)22(26)23(30-31)25(32)28-13-16-6-10-18(11-7-16)36(4,33)34/h12,14-18H,5-11,13H2,1-4H3,(H,27,29)(H,28,32)/t15-,16-,18-/m0/s1. The first-order valence-electron chi connectivity index (χ1n) is 12.7. The van der Waals surface area contributed by atoms with Crippen LogP contribution in [0.4, 0.5) is 5.82 Å². The number of amides is 1. The van der Waals surface area contributed by atoms with E-state index in [2.05, 4.69) is 27.6 Å². The summed E-state index contributed by atoms with van der Waals surface area (Å²) >= 11 is 6.72. The Labute approximate surface area is 218 Å². The summed E-state index contributed by atoms with van der Waals surface area (Å²) < 4.78 is 30.9. The number of halogens is 1. The van der Waals surface area contributed by atoms with E-state index >= 15 is 0 Å². The molecule has 11 heteroatoms. The summed E-state index contributed by atoms with van der Waals surface area (Å²) in [5.74, 6) is 1.91. The van der Waals surface area contributed by atoms with Gasteiger partial charge in [-0.25, -0.2) is 13.4 Å². The molecule has 9 nitrogen and oxygen atoms in total. The molecule has 2 aromatic rings. The van der Waals surface area contributed by atoms with Gasteiger partial charge in [-0.05, 0) is 64.2 Å². The van der Waals surface area contributed by atoms with E-state index in [1.165, 1.54) is 19.1 Å². The molecule has 2 aliphatic rings. The number of rotatable bonds is 10. The Balaban J connectivity index is 1.48. The number of hydrogen-bond acceptors (Lipinski definition) is 7. The summed E-state index contributed by atoms with van der Waals surface area (Å²) in [5.41, 5.74) is 1.41. The van der Waals surface area contributed by atoms with E-state index in [4.69, 9.17) is 16.3 Å². The number of aryl methyl sites for hydroxylation is 1. The fourth-order valence-corrected chi connectivity index (χ4v) is 6.42. The van der Waals surface area contributed by atoms with Crippen LogP contribution in [-0.4, -0.2) is 60.3 Å². The van der Waals surface area contributed by atoms with E-state index in [9.17, 15) is 13.2 Å². The van der Waals surface area contributed by atoms with Crippen LogP contribution < -0.4 is 15.4 Å². The third-order valence-corrected chi connectivity index (χ3v) is 9.45. The maximum absolute atomic E-state index is 13.0. The van der Waals surface area contributed by atoms with Gasteiger partial charge in [-0.3, -0.25) is 9.48 Å². The highest BCUT2D eigenvalue weighted by Gasteiger charge is 2.30. The number of carbonyl (C=O) groups excluding carboxylic acids is 1. The van der Waals surface area contributed by atoms with Gasteiger partial charge in [0.05, 0.1) is 28.6 Å². The zero-order chi connectivity index (χ0) is 26.0. The quantitative estimate of drug-likeness (QED) is 0.467. The largest absolute Gasteiger partial charge is 0.496 e. The third kappa shape index (κ3) is 5.96. The Bertz CT molecular complexity index is 1200. The lowest BCUT2D eigenvalue weighted by Gasteiger charge is -2.27. The van der Waals surface area contributed by atoms with Crippen LogP contribution in [0.15, 0.2) is 12.3 Å². The van der Waals surface area contributed by atoms with Gasteiger partial charge in [-0.2, -0.15) is 5.10 Å².